The first-order chi connectivity index (χ1) is 12.5. The van der Waals surface area contributed by atoms with Gasteiger partial charge in [-0.05, 0) is 62.4 Å². The molecule has 0 aliphatic rings. The lowest BCUT2D eigenvalue weighted by atomic mass is 10.2. The Hall–Kier alpha value is -3.05. The molecule has 0 atom stereocenters. The van der Waals surface area contributed by atoms with Gasteiger partial charge in [0.15, 0.2) is 0 Å². The minimum Gasteiger partial charge on any atom is -0.508 e. The zero-order valence-electron chi connectivity index (χ0n) is 14.4. The summed E-state index contributed by atoms with van der Waals surface area (Å²) >= 11 is 6.09. The molecule has 2 aromatic carbocycles. The molecule has 6 heteroatoms. The first-order valence-corrected chi connectivity index (χ1v) is 8.41. The van der Waals surface area contributed by atoms with Gasteiger partial charge in [-0.1, -0.05) is 17.7 Å². The molecule has 0 saturated heterocycles. The number of halogens is 1. The molecule has 0 saturated carbocycles. The van der Waals surface area contributed by atoms with Gasteiger partial charge < -0.3 is 9.67 Å². The molecule has 2 N–H and O–H groups in total. The third-order valence-electron chi connectivity index (χ3n) is 4.04. The molecule has 0 aliphatic carbocycles. The van der Waals surface area contributed by atoms with E-state index >= 15 is 0 Å². The van der Waals surface area contributed by atoms with E-state index in [0.717, 1.165) is 22.6 Å². The molecule has 3 aromatic rings. The van der Waals surface area contributed by atoms with Crippen LogP contribution in [-0.2, 0) is 0 Å². The zero-order valence-corrected chi connectivity index (χ0v) is 15.2. The van der Waals surface area contributed by atoms with Crippen LogP contribution < -0.4 is 5.43 Å². The normalized spacial score (nSPS) is 11.0. The Kier molecular flexibility index (Phi) is 5.09. The monoisotopic (exact) mass is 367 g/mol. The number of phenolic OH excluding ortho intramolecular Hbond substituents is 1. The standard InChI is InChI=1S/C20H18ClN3O2/c1-13-10-16(14(2)24(13)18-5-3-4-17(21)11-18)12-22-23-20(26)15-6-8-19(25)9-7-15/h3-12,25H,1-2H3,(H,23,26). The van der Waals surface area contributed by atoms with E-state index in [4.69, 9.17) is 11.6 Å². The van der Waals surface area contributed by atoms with Crippen molar-refractivity contribution < 1.29 is 9.90 Å². The Morgan fingerprint density at radius 2 is 1.88 bits per heavy atom. The summed E-state index contributed by atoms with van der Waals surface area (Å²) in [5, 5.41) is 14.0. The Morgan fingerprint density at radius 3 is 2.58 bits per heavy atom. The number of hydrogen-bond donors (Lipinski definition) is 2. The number of phenols is 1. The van der Waals surface area contributed by atoms with Crippen LogP contribution in [0.3, 0.4) is 0 Å². The Bertz CT molecular complexity index is 975. The second-order valence-corrected chi connectivity index (χ2v) is 6.32. The first-order valence-electron chi connectivity index (χ1n) is 8.03. The third kappa shape index (κ3) is 3.78. The summed E-state index contributed by atoms with van der Waals surface area (Å²) in [6.45, 7) is 3.98. The molecule has 0 aliphatic heterocycles. The van der Waals surface area contributed by atoms with Gasteiger partial charge in [-0.2, -0.15) is 5.10 Å². The summed E-state index contributed by atoms with van der Waals surface area (Å²) in [7, 11) is 0. The van der Waals surface area contributed by atoms with E-state index < -0.39 is 0 Å². The van der Waals surface area contributed by atoms with E-state index in [9.17, 15) is 9.90 Å². The maximum atomic E-state index is 12.0. The summed E-state index contributed by atoms with van der Waals surface area (Å²) in [6, 6.07) is 15.6. The Labute approximate surface area is 156 Å². The fourth-order valence-electron chi connectivity index (χ4n) is 2.77. The highest BCUT2D eigenvalue weighted by Crippen LogP contribution is 2.22. The number of carbonyl (C=O) groups excluding carboxylic acids is 1. The minimum absolute atomic E-state index is 0.110. The number of hydrogen-bond acceptors (Lipinski definition) is 3. The molecule has 0 bridgehead atoms. The predicted octanol–water partition coefficient (Wildman–Crippen LogP) is 4.22. The average molecular weight is 368 g/mol. The molecule has 0 radical (unpaired) electrons. The molecule has 0 fully saturated rings. The molecular formula is C20H18ClN3O2. The van der Waals surface area contributed by atoms with Crippen LogP contribution in [0.4, 0.5) is 0 Å². The highest BCUT2D eigenvalue weighted by atomic mass is 35.5. The number of hydrazone groups is 1. The van der Waals surface area contributed by atoms with Crippen LogP contribution in [0.1, 0.15) is 27.3 Å². The van der Waals surface area contributed by atoms with Gasteiger partial charge in [-0.3, -0.25) is 4.79 Å². The fraction of sp³-hybridized carbons (Fsp3) is 0.100. The van der Waals surface area contributed by atoms with Crippen molar-refractivity contribution in [2.75, 3.05) is 0 Å². The number of nitrogens with one attached hydrogen (secondary N) is 1. The summed E-state index contributed by atoms with van der Waals surface area (Å²) in [5.74, 6) is -0.233. The number of benzene rings is 2. The average Bonchev–Trinajstić information content (AvgIpc) is 2.89. The van der Waals surface area contributed by atoms with E-state index in [1.165, 1.54) is 24.3 Å². The Balaban J connectivity index is 1.78. The fourth-order valence-corrected chi connectivity index (χ4v) is 2.95. The van der Waals surface area contributed by atoms with Crippen molar-refractivity contribution in [1.82, 2.24) is 9.99 Å². The summed E-state index contributed by atoms with van der Waals surface area (Å²) in [6.07, 6.45) is 1.61. The van der Waals surface area contributed by atoms with Crippen LogP contribution in [0.25, 0.3) is 5.69 Å². The molecule has 5 nitrogen and oxygen atoms in total. The second kappa shape index (κ2) is 7.45. The molecule has 132 valence electrons. The third-order valence-corrected chi connectivity index (χ3v) is 4.27. The van der Waals surface area contributed by atoms with E-state index in [-0.39, 0.29) is 11.7 Å². The maximum Gasteiger partial charge on any atom is 0.271 e. The molecule has 26 heavy (non-hydrogen) atoms. The maximum absolute atomic E-state index is 12.0. The topological polar surface area (TPSA) is 66.6 Å². The zero-order chi connectivity index (χ0) is 18.7. The largest absolute Gasteiger partial charge is 0.508 e. The van der Waals surface area contributed by atoms with Crippen molar-refractivity contribution in [3.8, 4) is 11.4 Å². The number of aromatic nitrogens is 1. The molecule has 1 heterocycles. The smallest absolute Gasteiger partial charge is 0.271 e. The SMILES string of the molecule is Cc1cc(C=NNC(=O)c2ccc(O)cc2)c(C)n1-c1cccc(Cl)c1. The van der Waals surface area contributed by atoms with E-state index in [1.807, 2.05) is 44.2 Å². The quantitative estimate of drug-likeness (QED) is 0.535. The van der Waals surface area contributed by atoms with Gasteiger partial charge >= 0.3 is 0 Å². The molecule has 1 amide bonds. The lowest BCUT2D eigenvalue weighted by Crippen LogP contribution is -2.17. The van der Waals surface area contributed by atoms with Crippen molar-refractivity contribution >= 4 is 23.7 Å². The highest BCUT2D eigenvalue weighted by Gasteiger charge is 2.10. The molecule has 1 aromatic heterocycles. The lowest BCUT2D eigenvalue weighted by molar-refractivity contribution is 0.0955. The van der Waals surface area contributed by atoms with Gasteiger partial charge in [0.05, 0.1) is 6.21 Å². The number of nitrogens with zero attached hydrogens (tertiary/aromatic N) is 2. The predicted molar refractivity (Wildman–Crippen MR) is 103 cm³/mol. The van der Waals surface area contributed by atoms with Gasteiger partial charge in [-0.15, -0.1) is 0 Å². The number of aryl methyl sites for hydroxylation is 1. The van der Waals surface area contributed by atoms with Gasteiger partial charge in [0.1, 0.15) is 5.75 Å². The summed E-state index contributed by atoms with van der Waals surface area (Å²) in [4.78, 5) is 12.0. The second-order valence-electron chi connectivity index (χ2n) is 5.89. The van der Waals surface area contributed by atoms with E-state index in [2.05, 4.69) is 15.1 Å². The van der Waals surface area contributed by atoms with Gasteiger partial charge in [-0.25, -0.2) is 5.43 Å². The number of amides is 1. The summed E-state index contributed by atoms with van der Waals surface area (Å²) in [5.41, 5.74) is 6.81. The van der Waals surface area contributed by atoms with Crippen molar-refractivity contribution in [1.29, 1.82) is 0 Å². The molecular weight excluding hydrogens is 350 g/mol. The van der Waals surface area contributed by atoms with E-state index in [1.54, 1.807) is 6.21 Å². The van der Waals surface area contributed by atoms with Crippen molar-refractivity contribution in [3.05, 3.63) is 82.1 Å². The van der Waals surface area contributed by atoms with Gasteiger partial charge in [0, 0.05) is 33.2 Å². The van der Waals surface area contributed by atoms with Crippen LogP contribution in [0.15, 0.2) is 59.7 Å². The van der Waals surface area contributed by atoms with Crippen LogP contribution >= 0.6 is 11.6 Å². The van der Waals surface area contributed by atoms with Gasteiger partial charge in [0.2, 0.25) is 0 Å². The lowest BCUT2D eigenvalue weighted by Gasteiger charge is -2.09. The molecule has 3 rings (SSSR count). The number of rotatable bonds is 4. The van der Waals surface area contributed by atoms with Crippen molar-refractivity contribution in [2.24, 2.45) is 5.10 Å². The summed E-state index contributed by atoms with van der Waals surface area (Å²) < 4.78 is 2.08. The molecule has 0 unspecified atom stereocenters. The molecule has 0 spiro atoms. The van der Waals surface area contributed by atoms with Crippen LogP contribution in [0.2, 0.25) is 5.02 Å². The minimum atomic E-state index is -0.343. The first kappa shape index (κ1) is 17.8. The number of carbonyl (C=O) groups is 1. The van der Waals surface area contributed by atoms with Crippen LogP contribution in [-0.4, -0.2) is 21.8 Å². The van der Waals surface area contributed by atoms with Crippen LogP contribution in [0.5, 0.6) is 5.75 Å². The Morgan fingerprint density at radius 1 is 1.15 bits per heavy atom. The van der Waals surface area contributed by atoms with E-state index in [0.29, 0.717) is 10.6 Å². The van der Waals surface area contributed by atoms with Crippen molar-refractivity contribution in [3.63, 3.8) is 0 Å². The number of aromatic hydroxyl groups is 1. The van der Waals surface area contributed by atoms with Crippen molar-refractivity contribution in [2.45, 2.75) is 13.8 Å². The van der Waals surface area contributed by atoms with Crippen LogP contribution in [0, 0.1) is 13.8 Å². The highest BCUT2D eigenvalue weighted by molar-refractivity contribution is 6.30. The van der Waals surface area contributed by atoms with Gasteiger partial charge in [0.25, 0.3) is 5.91 Å².